The number of rotatable bonds is 3. The maximum absolute atomic E-state index is 12.1. The van der Waals surface area contributed by atoms with Gasteiger partial charge < -0.3 is 14.9 Å². The second-order valence-corrected chi connectivity index (χ2v) is 5.35. The second-order valence-electron chi connectivity index (χ2n) is 5.35. The van der Waals surface area contributed by atoms with E-state index in [1.165, 1.54) is 0 Å². The minimum Gasteiger partial charge on any atom is -0.383 e. The maximum Gasteiger partial charge on any atom is 0.251 e. The number of aryl methyl sites for hydroxylation is 1. The molecule has 0 unspecified atom stereocenters. The zero-order chi connectivity index (χ0) is 14.9. The van der Waals surface area contributed by atoms with Gasteiger partial charge in [0.05, 0.1) is 12.2 Å². The predicted octanol–water partition coefficient (Wildman–Crippen LogP) is 0.507. The number of fused-ring (bicyclic) bond motifs is 1. The van der Waals surface area contributed by atoms with Crippen molar-refractivity contribution in [1.82, 2.24) is 14.9 Å². The first-order valence-electron chi connectivity index (χ1n) is 6.94. The summed E-state index contributed by atoms with van der Waals surface area (Å²) in [5, 5.41) is 9.69. The summed E-state index contributed by atoms with van der Waals surface area (Å²) in [6, 6.07) is 0. The molecule has 0 bridgehead atoms. The number of hydrogen-bond acceptors (Lipinski definition) is 5. The third-order valence-corrected chi connectivity index (χ3v) is 3.56. The van der Waals surface area contributed by atoms with Gasteiger partial charge in [0.1, 0.15) is 17.7 Å². The summed E-state index contributed by atoms with van der Waals surface area (Å²) in [6.07, 6.45) is 0.256. The molecule has 1 aromatic heterocycles. The first-order chi connectivity index (χ1) is 9.43. The van der Waals surface area contributed by atoms with Crippen LogP contribution in [0.5, 0.6) is 0 Å². The lowest BCUT2D eigenvalue weighted by Gasteiger charge is -2.31. The quantitative estimate of drug-likeness (QED) is 0.872. The van der Waals surface area contributed by atoms with Gasteiger partial charge in [0.15, 0.2) is 0 Å². The number of anilines is 1. The third kappa shape index (κ3) is 2.75. The summed E-state index contributed by atoms with van der Waals surface area (Å²) >= 11 is 0. The zero-order valence-electron chi connectivity index (χ0n) is 12.6. The van der Waals surface area contributed by atoms with Gasteiger partial charge in [0.25, 0.3) is 5.91 Å². The van der Waals surface area contributed by atoms with E-state index in [0.717, 1.165) is 23.5 Å². The van der Waals surface area contributed by atoms with Crippen molar-refractivity contribution < 1.29 is 9.90 Å². The van der Waals surface area contributed by atoms with Gasteiger partial charge in [-0.25, -0.2) is 9.97 Å². The molecular weight excluding hydrogens is 256 g/mol. The number of carbonyl (C=O) groups excluding carboxylic acids is 1. The van der Waals surface area contributed by atoms with E-state index in [1.807, 2.05) is 25.9 Å². The van der Waals surface area contributed by atoms with Crippen LogP contribution >= 0.6 is 0 Å². The lowest BCUT2D eigenvalue weighted by Crippen LogP contribution is -2.42. The van der Waals surface area contributed by atoms with Gasteiger partial charge in [0, 0.05) is 26.2 Å². The summed E-state index contributed by atoms with van der Waals surface area (Å²) in [7, 11) is 3.92. The number of aromatic nitrogens is 2. The molecule has 20 heavy (non-hydrogen) atoms. The average molecular weight is 278 g/mol. The monoisotopic (exact) mass is 278 g/mol. The summed E-state index contributed by atoms with van der Waals surface area (Å²) in [5.41, 5.74) is 2.00. The van der Waals surface area contributed by atoms with E-state index in [2.05, 4.69) is 9.97 Å². The number of nitrogens with zero attached hydrogens (tertiary/aromatic N) is 4. The largest absolute Gasteiger partial charge is 0.383 e. The van der Waals surface area contributed by atoms with Crippen molar-refractivity contribution in [3.8, 4) is 0 Å². The van der Waals surface area contributed by atoms with Crippen LogP contribution in [-0.2, 0) is 17.8 Å². The molecule has 110 valence electrons. The van der Waals surface area contributed by atoms with E-state index in [4.69, 9.17) is 0 Å². The highest BCUT2D eigenvalue weighted by molar-refractivity contribution is 5.80. The van der Waals surface area contributed by atoms with Gasteiger partial charge in [0.2, 0.25) is 0 Å². The molecule has 0 aliphatic carbocycles. The molecule has 1 N–H and O–H groups in total. The first kappa shape index (κ1) is 14.7. The Labute approximate surface area is 119 Å². The van der Waals surface area contributed by atoms with Crippen molar-refractivity contribution in [2.75, 3.05) is 25.5 Å². The standard InChI is InChI=1S/C14H22N4O2/c1-5-12(19)14(20)18-7-6-10-11(8-18)15-9(2)16-13(10)17(3)4/h12,19H,5-8H2,1-4H3/t12-/m0/s1. The van der Waals surface area contributed by atoms with Gasteiger partial charge in [-0.2, -0.15) is 0 Å². The van der Waals surface area contributed by atoms with Crippen molar-refractivity contribution in [2.45, 2.75) is 39.3 Å². The summed E-state index contributed by atoms with van der Waals surface area (Å²) < 4.78 is 0. The van der Waals surface area contributed by atoms with E-state index in [9.17, 15) is 9.90 Å². The summed E-state index contributed by atoms with van der Waals surface area (Å²) in [4.78, 5) is 24.7. The fraction of sp³-hybridized carbons (Fsp3) is 0.643. The van der Waals surface area contributed by atoms with Crippen LogP contribution in [0.4, 0.5) is 5.82 Å². The topological polar surface area (TPSA) is 69.6 Å². The van der Waals surface area contributed by atoms with Crippen LogP contribution in [0, 0.1) is 6.92 Å². The molecule has 2 rings (SSSR count). The Kier molecular flexibility index (Phi) is 4.23. The third-order valence-electron chi connectivity index (χ3n) is 3.56. The Hall–Kier alpha value is -1.69. The Morgan fingerprint density at radius 2 is 2.15 bits per heavy atom. The molecule has 1 atom stereocenters. The number of aliphatic hydroxyl groups excluding tert-OH is 1. The number of hydrogen-bond donors (Lipinski definition) is 1. The van der Waals surface area contributed by atoms with Crippen LogP contribution in [0.2, 0.25) is 0 Å². The maximum atomic E-state index is 12.1. The van der Waals surface area contributed by atoms with Crippen LogP contribution in [0.3, 0.4) is 0 Å². The molecule has 0 radical (unpaired) electrons. The van der Waals surface area contributed by atoms with Crippen LogP contribution in [0.15, 0.2) is 0 Å². The van der Waals surface area contributed by atoms with Crippen LogP contribution < -0.4 is 4.90 Å². The molecular formula is C14H22N4O2. The van der Waals surface area contributed by atoms with Crippen molar-refractivity contribution in [3.63, 3.8) is 0 Å². The van der Waals surface area contributed by atoms with E-state index >= 15 is 0 Å². The highest BCUT2D eigenvalue weighted by Gasteiger charge is 2.28. The average Bonchev–Trinajstić information content (AvgIpc) is 2.43. The normalized spacial score (nSPS) is 15.8. The number of carbonyl (C=O) groups is 1. The van der Waals surface area contributed by atoms with Crippen molar-refractivity contribution in [2.24, 2.45) is 0 Å². The minimum absolute atomic E-state index is 0.208. The Bertz CT molecular complexity index is 516. The highest BCUT2D eigenvalue weighted by Crippen LogP contribution is 2.25. The van der Waals surface area contributed by atoms with E-state index in [-0.39, 0.29) is 5.91 Å². The van der Waals surface area contributed by atoms with E-state index in [1.54, 1.807) is 11.8 Å². The molecule has 0 fully saturated rings. The molecule has 1 aliphatic rings. The van der Waals surface area contributed by atoms with Gasteiger partial charge >= 0.3 is 0 Å². The fourth-order valence-corrected chi connectivity index (χ4v) is 2.47. The molecule has 0 spiro atoms. The Balaban J connectivity index is 2.29. The van der Waals surface area contributed by atoms with Crippen molar-refractivity contribution in [3.05, 3.63) is 17.1 Å². The van der Waals surface area contributed by atoms with Crippen LogP contribution in [-0.4, -0.2) is 52.6 Å². The smallest absolute Gasteiger partial charge is 0.251 e. The van der Waals surface area contributed by atoms with Crippen molar-refractivity contribution in [1.29, 1.82) is 0 Å². The van der Waals surface area contributed by atoms with Gasteiger partial charge in [-0.3, -0.25) is 4.79 Å². The van der Waals surface area contributed by atoms with Crippen LogP contribution in [0.25, 0.3) is 0 Å². The SMILES string of the molecule is CC[C@H](O)C(=O)N1CCc2c(nc(C)nc2N(C)C)C1. The van der Waals surface area contributed by atoms with Gasteiger partial charge in [-0.05, 0) is 19.8 Å². The number of amides is 1. The van der Waals surface area contributed by atoms with Gasteiger partial charge in [-0.1, -0.05) is 6.92 Å². The highest BCUT2D eigenvalue weighted by atomic mass is 16.3. The summed E-state index contributed by atoms with van der Waals surface area (Å²) in [5.74, 6) is 1.43. The summed E-state index contributed by atoms with van der Waals surface area (Å²) in [6.45, 7) is 4.72. The molecule has 6 nitrogen and oxygen atoms in total. The van der Waals surface area contributed by atoms with Crippen LogP contribution in [0.1, 0.15) is 30.4 Å². The molecule has 1 amide bonds. The molecule has 0 aromatic carbocycles. The molecule has 2 heterocycles. The fourth-order valence-electron chi connectivity index (χ4n) is 2.47. The second kappa shape index (κ2) is 5.75. The Morgan fingerprint density at radius 1 is 1.45 bits per heavy atom. The molecule has 0 saturated heterocycles. The molecule has 1 aliphatic heterocycles. The van der Waals surface area contributed by atoms with Crippen molar-refractivity contribution >= 4 is 11.7 Å². The minimum atomic E-state index is -0.909. The van der Waals surface area contributed by atoms with E-state index in [0.29, 0.717) is 25.3 Å². The lowest BCUT2D eigenvalue weighted by molar-refractivity contribution is -0.141. The van der Waals surface area contributed by atoms with Gasteiger partial charge in [-0.15, -0.1) is 0 Å². The predicted molar refractivity (Wildman–Crippen MR) is 76.5 cm³/mol. The first-order valence-corrected chi connectivity index (χ1v) is 6.94. The zero-order valence-corrected chi connectivity index (χ0v) is 12.6. The lowest BCUT2D eigenvalue weighted by atomic mass is 10.0. The molecule has 6 heteroatoms. The molecule has 1 aromatic rings. The Morgan fingerprint density at radius 3 is 2.75 bits per heavy atom. The molecule has 0 saturated carbocycles. The van der Waals surface area contributed by atoms with E-state index < -0.39 is 6.10 Å². The number of aliphatic hydroxyl groups is 1.